The topological polar surface area (TPSA) is 35.6 Å². The summed E-state index contributed by atoms with van der Waals surface area (Å²) < 4.78 is 0. The van der Waals surface area contributed by atoms with E-state index in [1.807, 2.05) is 32.8 Å². The standard InChI is InChI=1S/C5H9NO.C4H8N2S.C2H6/c1-6-4-2-3-5(6)7;1-6-3-2-5-4(6)7;1-2/h2-4H2,1H3;2-3H2,1H3,(H,5,7);1-2H3. The Balaban J connectivity index is 0.000000244. The van der Waals surface area contributed by atoms with Gasteiger partial charge in [0.2, 0.25) is 5.91 Å². The van der Waals surface area contributed by atoms with Crippen LogP contribution >= 0.6 is 12.2 Å². The molecule has 2 aliphatic rings. The van der Waals surface area contributed by atoms with Gasteiger partial charge in [-0.1, -0.05) is 13.8 Å². The summed E-state index contributed by atoms with van der Waals surface area (Å²) in [6.45, 7) is 7.02. The average Bonchev–Trinajstić information content (AvgIpc) is 2.83. The third-order valence-corrected chi connectivity index (χ3v) is 2.84. The largest absolute Gasteiger partial charge is 0.361 e. The highest BCUT2D eigenvalue weighted by atomic mass is 32.1. The van der Waals surface area contributed by atoms with Crippen LogP contribution in [0, 0.1) is 0 Å². The monoisotopic (exact) mass is 245 g/mol. The number of hydrogen-bond acceptors (Lipinski definition) is 2. The molecular weight excluding hydrogens is 222 g/mol. The number of carbonyl (C=O) groups is 1. The molecule has 2 heterocycles. The molecule has 94 valence electrons. The van der Waals surface area contributed by atoms with E-state index in [1.165, 1.54) is 0 Å². The van der Waals surface area contributed by atoms with Gasteiger partial charge in [-0.05, 0) is 18.6 Å². The summed E-state index contributed by atoms with van der Waals surface area (Å²) in [5.74, 6) is 0.292. The smallest absolute Gasteiger partial charge is 0.222 e. The first kappa shape index (κ1) is 15.2. The first-order chi connectivity index (χ1) is 7.61. The van der Waals surface area contributed by atoms with E-state index in [4.69, 9.17) is 12.2 Å². The molecule has 16 heavy (non-hydrogen) atoms. The minimum Gasteiger partial charge on any atom is -0.361 e. The van der Waals surface area contributed by atoms with Crippen molar-refractivity contribution >= 4 is 23.2 Å². The highest BCUT2D eigenvalue weighted by Crippen LogP contribution is 2.04. The minimum atomic E-state index is 0.292. The molecule has 0 radical (unpaired) electrons. The Morgan fingerprint density at radius 3 is 1.94 bits per heavy atom. The second-order valence-corrected chi connectivity index (χ2v) is 3.96. The zero-order valence-electron chi connectivity index (χ0n) is 10.7. The van der Waals surface area contributed by atoms with E-state index in [0.717, 1.165) is 37.6 Å². The third kappa shape index (κ3) is 5.30. The highest BCUT2D eigenvalue weighted by molar-refractivity contribution is 7.80. The van der Waals surface area contributed by atoms with Crippen molar-refractivity contribution in [3.63, 3.8) is 0 Å². The number of amides is 1. The minimum absolute atomic E-state index is 0.292. The van der Waals surface area contributed by atoms with Crippen molar-refractivity contribution in [1.82, 2.24) is 15.1 Å². The van der Waals surface area contributed by atoms with E-state index in [-0.39, 0.29) is 0 Å². The predicted molar refractivity (Wildman–Crippen MR) is 71.4 cm³/mol. The Labute approximate surface area is 104 Å². The van der Waals surface area contributed by atoms with Gasteiger partial charge >= 0.3 is 0 Å². The molecule has 2 saturated heterocycles. The molecule has 2 fully saturated rings. The molecular formula is C11H23N3OS. The van der Waals surface area contributed by atoms with Crippen molar-refractivity contribution in [2.75, 3.05) is 33.7 Å². The number of likely N-dealkylation sites (tertiary alicyclic amines) is 1. The molecule has 1 N–H and O–H groups in total. The van der Waals surface area contributed by atoms with Gasteiger partial charge in [0.25, 0.3) is 0 Å². The lowest BCUT2D eigenvalue weighted by Crippen LogP contribution is -2.22. The van der Waals surface area contributed by atoms with Crippen molar-refractivity contribution in [3.8, 4) is 0 Å². The number of rotatable bonds is 0. The summed E-state index contributed by atoms with van der Waals surface area (Å²) in [5.41, 5.74) is 0. The second kappa shape index (κ2) is 8.33. The fraction of sp³-hybridized carbons (Fsp3) is 0.818. The predicted octanol–water partition coefficient (Wildman–Crippen LogP) is 1.07. The number of nitrogens with one attached hydrogen (secondary N) is 1. The van der Waals surface area contributed by atoms with Gasteiger partial charge in [-0.2, -0.15) is 0 Å². The van der Waals surface area contributed by atoms with Gasteiger partial charge in [-0.15, -0.1) is 0 Å². The zero-order chi connectivity index (χ0) is 12.6. The number of nitrogens with zero attached hydrogens (tertiary/aromatic N) is 2. The third-order valence-electron chi connectivity index (χ3n) is 2.38. The van der Waals surface area contributed by atoms with Crippen LogP contribution in [0.2, 0.25) is 0 Å². The molecule has 2 rings (SSSR count). The summed E-state index contributed by atoms with van der Waals surface area (Å²) >= 11 is 4.86. The molecule has 0 saturated carbocycles. The van der Waals surface area contributed by atoms with Crippen LogP contribution in [-0.2, 0) is 4.79 Å². The van der Waals surface area contributed by atoms with E-state index in [9.17, 15) is 4.79 Å². The van der Waals surface area contributed by atoms with E-state index in [1.54, 1.807) is 4.90 Å². The Bertz CT molecular complexity index is 209. The molecule has 0 bridgehead atoms. The summed E-state index contributed by atoms with van der Waals surface area (Å²) in [5, 5.41) is 3.90. The number of likely N-dealkylation sites (N-methyl/N-ethyl adjacent to an activating group) is 1. The molecule has 2 aliphatic heterocycles. The molecule has 4 nitrogen and oxygen atoms in total. The summed E-state index contributed by atoms with van der Waals surface area (Å²) in [6.07, 6.45) is 1.81. The van der Waals surface area contributed by atoms with Gasteiger partial charge in [0, 0.05) is 40.2 Å². The van der Waals surface area contributed by atoms with Gasteiger partial charge < -0.3 is 15.1 Å². The Morgan fingerprint density at radius 1 is 1.19 bits per heavy atom. The van der Waals surface area contributed by atoms with Crippen LogP contribution in [0.4, 0.5) is 0 Å². The number of thiocarbonyl (C=S) groups is 1. The maximum atomic E-state index is 10.5. The van der Waals surface area contributed by atoms with Crippen LogP contribution in [0.1, 0.15) is 26.7 Å². The molecule has 0 aliphatic carbocycles. The molecule has 0 atom stereocenters. The number of hydrogen-bond donors (Lipinski definition) is 1. The Morgan fingerprint density at radius 2 is 1.81 bits per heavy atom. The molecule has 0 spiro atoms. The van der Waals surface area contributed by atoms with Gasteiger partial charge in [0.1, 0.15) is 0 Å². The van der Waals surface area contributed by atoms with Crippen LogP contribution in [0.25, 0.3) is 0 Å². The Hall–Kier alpha value is -0.840. The lowest BCUT2D eigenvalue weighted by atomic mass is 10.4. The summed E-state index contributed by atoms with van der Waals surface area (Å²) in [7, 11) is 3.83. The SMILES string of the molecule is CC.CN1CCCC1=O.CN1CCNC1=S. The van der Waals surface area contributed by atoms with Crippen LogP contribution in [0.5, 0.6) is 0 Å². The first-order valence-electron chi connectivity index (χ1n) is 5.84. The van der Waals surface area contributed by atoms with E-state index in [0.29, 0.717) is 5.91 Å². The maximum absolute atomic E-state index is 10.5. The zero-order valence-corrected chi connectivity index (χ0v) is 11.6. The average molecular weight is 245 g/mol. The van der Waals surface area contributed by atoms with Gasteiger partial charge in [-0.3, -0.25) is 4.79 Å². The summed E-state index contributed by atoms with van der Waals surface area (Å²) in [4.78, 5) is 14.3. The first-order valence-corrected chi connectivity index (χ1v) is 6.25. The van der Waals surface area contributed by atoms with Gasteiger partial charge in [0.15, 0.2) is 5.11 Å². The van der Waals surface area contributed by atoms with Crippen LogP contribution in [0.15, 0.2) is 0 Å². The van der Waals surface area contributed by atoms with Crippen molar-refractivity contribution in [1.29, 1.82) is 0 Å². The highest BCUT2D eigenvalue weighted by Gasteiger charge is 2.14. The molecule has 5 heteroatoms. The lowest BCUT2D eigenvalue weighted by molar-refractivity contribution is -0.126. The van der Waals surface area contributed by atoms with Crippen molar-refractivity contribution in [2.24, 2.45) is 0 Å². The molecule has 0 aromatic heterocycles. The number of carbonyl (C=O) groups excluding carboxylic acids is 1. The van der Waals surface area contributed by atoms with Crippen molar-refractivity contribution in [3.05, 3.63) is 0 Å². The van der Waals surface area contributed by atoms with Crippen molar-refractivity contribution in [2.45, 2.75) is 26.7 Å². The van der Waals surface area contributed by atoms with Gasteiger partial charge in [-0.25, -0.2) is 0 Å². The van der Waals surface area contributed by atoms with E-state index < -0.39 is 0 Å². The van der Waals surface area contributed by atoms with Crippen LogP contribution in [-0.4, -0.2) is 54.5 Å². The maximum Gasteiger partial charge on any atom is 0.222 e. The summed E-state index contributed by atoms with van der Waals surface area (Å²) in [6, 6.07) is 0. The second-order valence-electron chi connectivity index (χ2n) is 3.57. The fourth-order valence-electron chi connectivity index (χ4n) is 1.35. The molecule has 0 aromatic rings. The van der Waals surface area contributed by atoms with E-state index >= 15 is 0 Å². The van der Waals surface area contributed by atoms with Crippen molar-refractivity contribution < 1.29 is 4.79 Å². The fourth-order valence-corrected chi connectivity index (χ4v) is 1.54. The normalized spacial score (nSPS) is 18.5. The van der Waals surface area contributed by atoms with Crippen LogP contribution in [0.3, 0.4) is 0 Å². The van der Waals surface area contributed by atoms with E-state index in [2.05, 4.69) is 5.32 Å². The quantitative estimate of drug-likeness (QED) is 0.648. The molecule has 1 amide bonds. The molecule has 0 aromatic carbocycles. The Kier molecular flexibility index (Phi) is 7.89. The van der Waals surface area contributed by atoms with Crippen LogP contribution < -0.4 is 5.32 Å². The lowest BCUT2D eigenvalue weighted by Gasteiger charge is -2.05. The molecule has 0 unspecified atom stereocenters. The van der Waals surface area contributed by atoms with Gasteiger partial charge in [0.05, 0.1) is 0 Å².